The average molecular weight is 318 g/mol. The van der Waals surface area contributed by atoms with Gasteiger partial charge in [-0.2, -0.15) is 0 Å². The highest BCUT2D eigenvalue weighted by molar-refractivity contribution is 7.18. The highest BCUT2D eigenvalue weighted by Crippen LogP contribution is 2.38. The van der Waals surface area contributed by atoms with Gasteiger partial charge in [-0.3, -0.25) is 9.59 Å². The zero-order valence-electron chi connectivity index (χ0n) is 12.7. The largest absolute Gasteiger partial charge is 0.423 e. The molecule has 0 aliphatic heterocycles. The first kappa shape index (κ1) is 16.0. The van der Waals surface area contributed by atoms with E-state index in [0.717, 1.165) is 16.9 Å². The summed E-state index contributed by atoms with van der Waals surface area (Å²) >= 11 is 1.11. The Morgan fingerprint density at radius 3 is 2.45 bits per heavy atom. The number of carbonyl (C=O) groups excluding carboxylic acids is 2. The van der Waals surface area contributed by atoms with Gasteiger partial charge in [0.15, 0.2) is 5.75 Å². The fraction of sp³-hybridized carbons (Fsp3) is 0.250. The lowest BCUT2D eigenvalue weighted by Gasteiger charge is -2.06. The van der Waals surface area contributed by atoms with E-state index in [1.807, 2.05) is 31.2 Å². The van der Waals surface area contributed by atoms with Crippen LogP contribution in [0, 0.1) is 13.8 Å². The van der Waals surface area contributed by atoms with Gasteiger partial charge < -0.3 is 15.8 Å². The summed E-state index contributed by atoms with van der Waals surface area (Å²) in [5.41, 5.74) is 8.25. The van der Waals surface area contributed by atoms with E-state index in [1.165, 1.54) is 0 Å². The van der Waals surface area contributed by atoms with Crippen molar-refractivity contribution in [3.8, 4) is 5.75 Å². The Balaban J connectivity index is 2.21. The number of thiophene rings is 1. The maximum Gasteiger partial charge on any atom is 0.311 e. The van der Waals surface area contributed by atoms with Crippen molar-refractivity contribution in [3.05, 3.63) is 40.3 Å². The minimum absolute atomic E-state index is 0.250. The van der Waals surface area contributed by atoms with Crippen molar-refractivity contribution in [3.63, 3.8) is 0 Å². The third kappa shape index (κ3) is 3.46. The van der Waals surface area contributed by atoms with Gasteiger partial charge in [-0.1, -0.05) is 24.6 Å². The summed E-state index contributed by atoms with van der Waals surface area (Å²) in [5, 5.41) is 3.14. The van der Waals surface area contributed by atoms with Crippen LogP contribution in [0.25, 0.3) is 0 Å². The molecular formula is C16H18N2O3S. The van der Waals surface area contributed by atoms with E-state index >= 15 is 0 Å². The van der Waals surface area contributed by atoms with Gasteiger partial charge >= 0.3 is 5.97 Å². The molecule has 1 aromatic heterocycles. The van der Waals surface area contributed by atoms with Gasteiger partial charge in [-0.15, -0.1) is 11.3 Å². The minimum atomic E-state index is -0.377. The van der Waals surface area contributed by atoms with Crippen LogP contribution in [0.1, 0.15) is 34.1 Å². The number of rotatable bonds is 4. The fourth-order valence-corrected chi connectivity index (χ4v) is 2.77. The second-order valence-corrected chi connectivity index (χ2v) is 5.95. The van der Waals surface area contributed by atoms with Crippen LogP contribution in [-0.4, -0.2) is 11.9 Å². The Kier molecular flexibility index (Phi) is 4.82. The van der Waals surface area contributed by atoms with Gasteiger partial charge in [0.05, 0.1) is 0 Å². The van der Waals surface area contributed by atoms with Crippen LogP contribution in [0.15, 0.2) is 24.3 Å². The number of benzene rings is 1. The molecule has 0 atom stereocenters. The molecular weight excluding hydrogens is 300 g/mol. The van der Waals surface area contributed by atoms with Gasteiger partial charge in [0.2, 0.25) is 0 Å². The number of amides is 1. The number of hydrogen-bond acceptors (Lipinski definition) is 5. The smallest absolute Gasteiger partial charge is 0.311 e. The van der Waals surface area contributed by atoms with Crippen LogP contribution >= 0.6 is 11.3 Å². The number of anilines is 2. The van der Waals surface area contributed by atoms with Crippen LogP contribution in [0.3, 0.4) is 0 Å². The normalized spacial score (nSPS) is 10.3. The fourth-order valence-electron chi connectivity index (χ4n) is 1.88. The molecule has 0 aliphatic rings. The van der Waals surface area contributed by atoms with Crippen molar-refractivity contribution in [1.82, 2.24) is 0 Å². The zero-order valence-corrected chi connectivity index (χ0v) is 13.5. The van der Waals surface area contributed by atoms with Crippen molar-refractivity contribution < 1.29 is 14.3 Å². The first-order chi connectivity index (χ1) is 10.4. The predicted molar refractivity (Wildman–Crippen MR) is 88.5 cm³/mol. The quantitative estimate of drug-likeness (QED) is 0.845. The number of nitrogens with one attached hydrogen (secondary N) is 1. The molecule has 0 saturated heterocycles. The predicted octanol–water partition coefficient (Wildman–Crippen LogP) is 3.51. The lowest BCUT2D eigenvalue weighted by atomic mass is 10.2. The number of esters is 1. The molecule has 0 saturated carbocycles. The summed E-state index contributed by atoms with van der Waals surface area (Å²) in [5.74, 6) is -0.360. The second kappa shape index (κ2) is 6.62. The summed E-state index contributed by atoms with van der Waals surface area (Å²) in [7, 11) is 0. The van der Waals surface area contributed by atoms with Crippen LogP contribution in [0.5, 0.6) is 5.75 Å². The van der Waals surface area contributed by atoms with Crippen LogP contribution in [-0.2, 0) is 4.79 Å². The third-order valence-corrected chi connectivity index (χ3v) is 4.24. The van der Waals surface area contributed by atoms with Gasteiger partial charge in [0.25, 0.3) is 5.91 Å². The summed E-state index contributed by atoms with van der Waals surface area (Å²) in [6.45, 7) is 5.39. The molecule has 6 heteroatoms. The number of nitrogen functional groups attached to an aromatic ring is 1. The minimum Gasteiger partial charge on any atom is -0.423 e. The standard InChI is InChI=1S/C16H18N2O3S/c1-4-12(19)21-13-10(3)14(22-15(13)17)16(20)18-11-7-5-9(2)6-8-11/h5-8H,4,17H2,1-3H3,(H,18,20). The van der Waals surface area contributed by atoms with Gasteiger partial charge in [0, 0.05) is 17.7 Å². The van der Waals surface area contributed by atoms with Crippen molar-refractivity contribution >= 4 is 33.9 Å². The molecule has 0 fully saturated rings. The van der Waals surface area contributed by atoms with E-state index in [4.69, 9.17) is 10.5 Å². The second-order valence-electron chi connectivity index (χ2n) is 4.90. The third-order valence-electron chi connectivity index (χ3n) is 3.14. The number of nitrogens with two attached hydrogens (primary N) is 1. The number of carbonyl (C=O) groups is 2. The first-order valence-corrected chi connectivity index (χ1v) is 7.71. The van der Waals surface area contributed by atoms with Gasteiger partial charge in [-0.25, -0.2) is 0 Å². The number of hydrogen-bond donors (Lipinski definition) is 2. The molecule has 0 radical (unpaired) electrons. The molecule has 2 aromatic rings. The lowest BCUT2D eigenvalue weighted by Crippen LogP contribution is -2.12. The molecule has 1 aromatic carbocycles. The van der Waals surface area contributed by atoms with Crippen molar-refractivity contribution in [2.24, 2.45) is 0 Å². The number of ether oxygens (including phenoxy) is 1. The molecule has 5 nitrogen and oxygen atoms in total. The van der Waals surface area contributed by atoms with Crippen LogP contribution in [0.4, 0.5) is 10.7 Å². The molecule has 0 bridgehead atoms. The Bertz CT molecular complexity index is 705. The Morgan fingerprint density at radius 2 is 1.86 bits per heavy atom. The highest BCUT2D eigenvalue weighted by Gasteiger charge is 2.21. The molecule has 1 heterocycles. The monoisotopic (exact) mass is 318 g/mol. The maximum atomic E-state index is 12.3. The SMILES string of the molecule is CCC(=O)Oc1c(N)sc(C(=O)Nc2ccc(C)cc2)c1C. The maximum absolute atomic E-state index is 12.3. The van der Waals surface area contributed by atoms with E-state index in [-0.39, 0.29) is 24.0 Å². The molecule has 0 aliphatic carbocycles. The van der Waals surface area contributed by atoms with E-state index in [2.05, 4.69) is 5.32 Å². The molecule has 2 rings (SSSR count). The molecule has 3 N–H and O–H groups in total. The molecule has 0 spiro atoms. The molecule has 22 heavy (non-hydrogen) atoms. The van der Waals surface area contributed by atoms with Crippen LogP contribution < -0.4 is 15.8 Å². The average Bonchev–Trinajstić information content (AvgIpc) is 2.77. The van der Waals surface area contributed by atoms with E-state index in [9.17, 15) is 9.59 Å². The van der Waals surface area contributed by atoms with Gasteiger partial charge in [0.1, 0.15) is 9.88 Å². The summed E-state index contributed by atoms with van der Waals surface area (Å²) in [6.07, 6.45) is 0.250. The lowest BCUT2D eigenvalue weighted by molar-refractivity contribution is -0.133. The van der Waals surface area contributed by atoms with Crippen molar-refractivity contribution in [2.75, 3.05) is 11.1 Å². The van der Waals surface area contributed by atoms with E-state index in [1.54, 1.807) is 13.8 Å². The molecule has 0 unspecified atom stereocenters. The van der Waals surface area contributed by atoms with E-state index < -0.39 is 0 Å². The van der Waals surface area contributed by atoms with Crippen molar-refractivity contribution in [2.45, 2.75) is 27.2 Å². The van der Waals surface area contributed by atoms with E-state index in [0.29, 0.717) is 21.1 Å². The highest BCUT2D eigenvalue weighted by atomic mass is 32.1. The van der Waals surface area contributed by atoms with Crippen LogP contribution in [0.2, 0.25) is 0 Å². The van der Waals surface area contributed by atoms with Gasteiger partial charge in [-0.05, 0) is 26.0 Å². The Morgan fingerprint density at radius 1 is 1.23 bits per heavy atom. The Hall–Kier alpha value is -2.34. The first-order valence-electron chi connectivity index (χ1n) is 6.90. The summed E-state index contributed by atoms with van der Waals surface area (Å²) in [6, 6.07) is 7.49. The summed E-state index contributed by atoms with van der Waals surface area (Å²) in [4.78, 5) is 24.2. The molecule has 1 amide bonds. The topological polar surface area (TPSA) is 81.4 Å². The molecule has 116 valence electrons. The Labute approximate surface area is 133 Å². The zero-order chi connectivity index (χ0) is 16.3. The van der Waals surface area contributed by atoms with Crippen molar-refractivity contribution in [1.29, 1.82) is 0 Å². The number of aryl methyl sites for hydroxylation is 1. The summed E-state index contributed by atoms with van der Waals surface area (Å²) < 4.78 is 5.19.